The summed E-state index contributed by atoms with van der Waals surface area (Å²) in [6, 6.07) is 10.4. The monoisotopic (exact) mass is 411 g/mol. The van der Waals surface area contributed by atoms with Crippen molar-refractivity contribution in [3.8, 4) is 0 Å². The van der Waals surface area contributed by atoms with E-state index in [1.54, 1.807) is 46.2 Å². The van der Waals surface area contributed by atoms with Crippen molar-refractivity contribution in [3.63, 3.8) is 0 Å². The molecule has 2 aliphatic heterocycles. The van der Waals surface area contributed by atoms with E-state index in [4.69, 9.17) is 9.15 Å². The van der Waals surface area contributed by atoms with E-state index in [0.29, 0.717) is 69.2 Å². The van der Waals surface area contributed by atoms with Crippen LogP contribution in [0.1, 0.15) is 33.8 Å². The van der Waals surface area contributed by atoms with Crippen molar-refractivity contribution in [2.75, 3.05) is 44.7 Å². The van der Waals surface area contributed by atoms with Gasteiger partial charge in [-0.2, -0.15) is 0 Å². The number of anilines is 1. The van der Waals surface area contributed by atoms with Crippen LogP contribution in [0.4, 0.5) is 5.69 Å². The lowest BCUT2D eigenvalue weighted by Gasteiger charge is -2.31. The number of benzene rings is 1. The Bertz CT molecular complexity index is 897. The van der Waals surface area contributed by atoms with Crippen LogP contribution in [-0.2, 0) is 9.53 Å². The molecule has 0 bridgehead atoms. The number of piperidine rings is 1. The molecule has 2 fully saturated rings. The number of nitrogens with zero attached hydrogens (tertiary/aromatic N) is 2. The molecule has 158 valence electrons. The first-order valence-electron chi connectivity index (χ1n) is 10.2. The zero-order chi connectivity index (χ0) is 20.9. The number of likely N-dealkylation sites (tertiary alicyclic amines) is 1. The number of hydrogen-bond acceptors (Lipinski definition) is 5. The van der Waals surface area contributed by atoms with E-state index >= 15 is 0 Å². The molecule has 0 saturated carbocycles. The molecule has 1 aromatic carbocycles. The van der Waals surface area contributed by atoms with Gasteiger partial charge in [-0.05, 0) is 37.1 Å². The minimum Gasteiger partial charge on any atom is -0.459 e. The van der Waals surface area contributed by atoms with Crippen LogP contribution >= 0.6 is 0 Å². The van der Waals surface area contributed by atoms with E-state index in [0.717, 1.165) is 0 Å². The predicted octanol–water partition coefficient (Wildman–Crippen LogP) is 2.24. The number of furan rings is 1. The second kappa shape index (κ2) is 9.13. The fourth-order valence-electron chi connectivity index (χ4n) is 3.85. The zero-order valence-electron chi connectivity index (χ0n) is 16.7. The Morgan fingerprint density at radius 2 is 1.57 bits per heavy atom. The smallest absolute Gasteiger partial charge is 0.289 e. The Kier molecular flexibility index (Phi) is 6.13. The minimum absolute atomic E-state index is 0.104. The maximum absolute atomic E-state index is 12.9. The molecule has 2 aliphatic rings. The molecule has 0 spiro atoms. The third-order valence-electron chi connectivity index (χ3n) is 5.60. The summed E-state index contributed by atoms with van der Waals surface area (Å²) in [5.74, 6) is -0.277. The molecule has 8 heteroatoms. The van der Waals surface area contributed by atoms with Crippen molar-refractivity contribution in [2.24, 2.45) is 5.92 Å². The fraction of sp³-hybridized carbons (Fsp3) is 0.409. The highest BCUT2D eigenvalue weighted by Crippen LogP contribution is 2.23. The van der Waals surface area contributed by atoms with E-state index in [1.807, 2.05) is 0 Å². The van der Waals surface area contributed by atoms with Crippen molar-refractivity contribution < 1.29 is 23.5 Å². The molecule has 2 saturated heterocycles. The van der Waals surface area contributed by atoms with Crippen molar-refractivity contribution >= 4 is 23.4 Å². The lowest BCUT2D eigenvalue weighted by Crippen LogP contribution is -2.42. The number of rotatable bonds is 4. The molecular formula is C22H25N3O5. The van der Waals surface area contributed by atoms with Gasteiger partial charge in [-0.1, -0.05) is 12.1 Å². The number of morpholine rings is 1. The molecule has 0 unspecified atom stereocenters. The first-order valence-corrected chi connectivity index (χ1v) is 10.2. The van der Waals surface area contributed by atoms with Gasteiger partial charge in [0.25, 0.3) is 11.8 Å². The average molecular weight is 411 g/mol. The average Bonchev–Trinajstić information content (AvgIpc) is 3.34. The topological polar surface area (TPSA) is 92.1 Å². The summed E-state index contributed by atoms with van der Waals surface area (Å²) in [6.07, 6.45) is 2.61. The van der Waals surface area contributed by atoms with Gasteiger partial charge in [-0.15, -0.1) is 0 Å². The van der Waals surface area contributed by atoms with Crippen LogP contribution in [0.5, 0.6) is 0 Å². The van der Waals surface area contributed by atoms with Crippen molar-refractivity contribution in [2.45, 2.75) is 12.8 Å². The number of ether oxygens (including phenoxy) is 1. The molecule has 0 atom stereocenters. The standard InChI is InChI=1S/C22H25N3O5/c26-20(16-7-9-24(10-8-16)22(28)19-6-3-13-30-19)23-18-5-2-1-4-17(18)21(27)25-11-14-29-15-12-25/h1-6,13,16H,7-12,14-15H2,(H,23,26). The summed E-state index contributed by atoms with van der Waals surface area (Å²) in [5.41, 5.74) is 1.01. The van der Waals surface area contributed by atoms with Crippen LogP contribution in [0.25, 0.3) is 0 Å². The zero-order valence-corrected chi connectivity index (χ0v) is 16.7. The molecule has 1 N–H and O–H groups in total. The van der Waals surface area contributed by atoms with Gasteiger partial charge in [-0.25, -0.2) is 0 Å². The first kappa shape index (κ1) is 20.2. The van der Waals surface area contributed by atoms with E-state index in [9.17, 15) is 14.4 Å². The molecule has 0 aliphatic carbocycles. The molecule has 8 nitrogen and oxygen atoms in total. The second-order valence-corrected chi connectivity index (χ2v) is 7.48. The van der Waals surface area contributed by atoms with Gasteiger partial charge in [0.2, 0.25) is 5.91 Å². The normalized spacial score (nSPS) is 17.6. The highest BCUT2D eigenvalue weighted by molar-refractivity contribution is 6.04. The highest BCUT2D eigenvalue weighted by atomic mass is 16.5. The van der Waals surface area contributed by atoms with E-state index in [-0.39, 0.29) is 23.6 Å². The van der Waals surface area contributed by atoms with Crippen LogP contribution in [-0.4, -0.2) is 66.9 Å². The SMILES string of the molecule is O=C(Nc1ccccc1C(=O)N1CCOCC1)C1CCN(C(=O)c2ccco2)CC1. The molecule has 1 aromatic heterocycles. The summed E-state index contributed by atoms with van der Waals surface area (Å²) in [6.45, 7) is 3.12. The third kappa shape index (κ3) is 4.38. The van der Waals surface area contributed by atoms with Crippen molar-refractivity contribution in [3.05, 3.63) is 54.0 Å². The quantitative estimate of drug-likeness (QED) is 0.833. The van der Waals surface area contributed by atoms with Crippen LogP contribution < -0.4 is 5.32 Å². The molecule has 4 rings (SSSR count). The first-order chi connectivity index (χ1) is 14.6. The Balaban J connectivity index is 1.37. The fourth-order valence-corrected chi connectivity index (χ4v) is 3.85. The number of carbonyl (C=O) groups is 3. The van der Waals surface area contributed by atoms with Gasteiger partial charge in [0.1, 0.15) is 0 Å². The minimum atomic E-state index is -0.211. The summed E-state index contributed by atoms with van der Waals surface area (Å²) < 4.78 is 10.5. The van der Waals surface area contributed by atoms with E-state index in [2.05, 4.69) is 5.32 Å². The number of carbonyl (C=O) groups excluding carboxylic acids is 3. The molecule has 30 heavy (non-hydrogen) atoms. The molecule has 3 heterocycles. The van der Waals surface area contributed by atoms with Gasteiger partial charge in [0.15, 0.2) is 5.76 Å². The molecule has 2 aromatic rings. The number of amides is 3. The lowest BCUT2D eigenvalue weighted by molar-refractivity contribution is -0.121. The van der Waals surface area contributed by atoms with Gasteiger partial charge in [-0.3, -0.25) is 14.4 Å². The van der Waals surface area contributed by atoms with Gasteiger partial charge >= 0.3 is 0 Å². The molecule has 3 amide bonds. The molecule has 0 radical (unpaired) electrons. The van der Waals surface area contributed by atoms with E-state index < -0.39 is 0 Å². The number of nitrogens with one attached hydrogen (secondary N) is 1. The van der Waals surface area contributed by atoms with Crippen molar-refractivity contribution in [1.82, 2.24) is 9.80 Å². The van der Waals surface area contributed by atoms with Gasteiger partial charge in [0, 0.05) is 32.1 Å². The van der Waals surface area contributed by atoms with Crippen LogP contribution in [0.15, 0.2) is 47.1 Å². The Labute approximate surface area is 174 Å². The summed E-state index contributed by atoms with van der Waals surface area (Å²) in [4.78, 5) is 41.5. The Morgan fingerprint density at radius 1 is 0.867 bits per heavy atom. The Morgan fingerprint density at radius 3 is 2.27 bits per heavy atom. The van der Waals surface area contributed by atoms with Crippen LogP contribution in [0.2, 0.25) is 0 Å². The van der Waals surface area contributed by atoms with Gasteiger partial charge < -0.3 is 24.3 Å². The number of hydrogen-bond donors (Lipinski definition) is 1. The third-order valence-corrected chi connectivity index (χ3v) is 5.60. The van der Waals surface area contributed by atoms with Crippen molar-refractivity contribution in [1.29, 1.82) is 0 Å². The van der Waals surface area contributed by atoms with Crippen LogP contribution in [0, 0.1) is 5.92 Å². The maximum Gasteiger partial charge on any atom is 0.289 e. The van der Waals surface area contributed by atoms with Crippen LogP contribution in [0.3, 0.4) is 0 Å². The van der Waals surface area contributed by atoms with Gasteiger partial charge in [0.05, 0.1) is 30.7 Å². The second-order valence-electron chi connectivity index (χ2n) is 7.48. The summed E-state index contributed by atoms with van der Waals surface area (Å²) >= 11 is 0. The summed E-state index contributed by atoms with van der Waals surface area (Å²) in [7, 11) is 0. The highest BCUT2D eigenvalue weighted by Gasteiger charge is 2.29. The summed E-state index contributed by atoms with van der Waals surface area (Å²) in [5, 5.41) is 2.93. The lowest BCUT2D eigenvalue weighted by atomic mass is 9.95. The van der Waals surface area contributed by atoms with E-state index in [1.165, 1.54) is 6.26 Å². The Hall–Kier alpha value is -3.13. The maximum atomic E-state index is 12.9. The number of para-hydroxylation sites is 1. The predicted molar refractivity (Wildman–Crippen MR) is 109 cm³/mol. The molecular weight excluding hydrogens is 386 g/mol. The largest absolute Gasteiger partial charge is 0.459 e.